The van der Waals surface area contributed by atoms with Crippen LogP contribution >= 0.6 is 15.9 Å². The molecule has 0 saturated heterocycles. The van der Waals surface area contributed by atoms with E-state index >= 15 is 0 Å². The fourth-order valence-corrected chi connectivity index (χ4v) is 5.63. The summed E-state index contributed by atoms with van der Waals surface area (Å²) in [6.07, 6.45) is 0. The highest BCUT2D eigenvalue weighted by Gasteiger charge is 2.32. The van der Waals surface area contributed by atoms with Crippen LogP contribution in [0.5, 0.6) is 0 Å². The zero-order chi connectivity index (χ0) is 27.2. The number of likely N-dealkylation sites (N-methyl/N-ethyl adjacent to an activating group) is 1. The molecular weight excluding hydrogens is 554 g/mol. The van der Waals surface area contributed by atoms with Crippen LogP contribution in [-0.2, 0) is 26.2 Å². The molecule has 3 aromatic rings. The van der Waals surface area contributed by atoms with E-state index in [9.17, 15) is 18.0 Å². The highest BCUT2D eigenvalue weighted by molar-refractivity contribution is 9.10. The van der Waals surface area contributed by atoms with E-state index in [1.165, 1.54) is 17.0 Å². The molecule has 0 saturated carbocycles. The molecule has 9 heteroatoms. The molecule has 0 fully saturated rings. The molecule has 3 rings (SSSR count). The zero-order valence-electron chi connectivity index (χ0n) is 21.4. The summed E-state index contributed by atoms with van der Waals surface area (Å²) in [7, 11) is -4.08. The van der Waals surface area contributed by atoms with Crippen LogP contribution in [0.15, 0.2) is 82.2 Å². The van der Waals surface area contributed by atoms with Crippen molar-refractivity contribution in [2.45, 2.75) is 45.2 Å². The minimum atomic E-state index is -4.08. The molecule has 3 aromatic carbocycles. The molecule has 0 aliphatic rings. The number of anilines is 1. The Kier molecular flexibility index (Phi) is 9.50. The lowest BCUT2D eigenvalue weighted by Gasteiger charge is -2.32. The van der Waals surface area contributed by atoms with E-state index in [1.54, 1.807) is 51.1 Å². The van der Waals surface area contributed by atoms with Crippen molar-refractivity contribution in [3.8, 4) is 0 Å². The molecule has 0 bridgehead atoms. The number of hydrogen-bond donors (Lipinski definition) is 1. The van der Waals surface area contributed by atoms with E-state index in [0.717, 1.165) is 19.9 Å². The number of hydrogen-bond acceptors (Lipinski definition) is 4. The third-order valence-electron chi connectivity index (χ3n) is 6.06. The van der Waals surface area contributed by atoms with Gasteiger partial charge in [0.1, 0.15) is 12.6 Å². The third kappa shape index (κ3) is 6.99. The van der Waals surface area contributed by atoms with E-state index in [-0.39, 0.29) is 17.3 Å². The highest BCUT2D eigenvalue weighted by Crippen LogP contribution is 2.27. The number of nitrogens with zero attached hydrogens (tertiary/aromatic N) is 2. The van der Waals surface area contributed by atoms with Gasteiger partial charge in [0.2, 0.25) is 11.8 Å². The van der Waals surface area contributed by atoms with E-state index in [0.29, 0.717) is 17.8 Å². The summed E-state index contributed by atoms with van der Waals surface area (Å²) in [6.45, 7) is 7.24. The van der Waals surface area contributed by atoms with Gasteiger partial charge in [0.05, 0.1) is 10.6 Å². The Bertz CT molecular complexity index is 1340. The second kappa shape index (κ2) is 12.4. The van der Waals surface area contributed by atoms with Crippen LogP contribution < -0.4 is 9.62 Å². The van der Waals surface area contributed by atoms with Crippen molar-refractivity contribution < 1.29 is 18.0 Å². The van der Waals surface area contributed by atoms with E-state index in [1.807, 2.05) is 37.3 Å². The molecule has 0 spiro atoms. The first-order valence-electron chi connectivity index (χ1n) is 12.0. The number of aryl methyl sites for hydroxylation is 2. The molecule has 0 aromatic heterocycles. The monoisotopic (exact) mass is 585 g/mol. The number of para-hydroxylation sites is 1. The first-order valence-corrected chi connectivity index (χ1v) is 14.2. The third-order valence-corrected chi connectivity index (χ3v) is 8.36. The lowest BCUT2D eigenvalue weighted by atomic mass is 10.1. The van der Waals surface area contributed by atoms with Gasteiger partial charge in [-0.05, 0) is 69.2 Å². The van der Waals surface area contributed by atoms with Gasteiger partial charge in [-0.3, -0.25) is 13.9 Å². The van der Waals surface area contributed by atoms with E-state index in [4.69, 9.17) is 0 Å². The number of nitrogens with one attached hydrogen (secondary N) is 1. The lowest BCUT2D eigenvalue weighted by Crippen LogP contribution is -2.51. The van der Waals surface area contributed by atoms with Crippen molar-refractivity contribution in [1.82, 2.24) is 10.2 Å². The number of amides is 2. The van der Waals surface area contributed by atoms with Gasteiger partial charge in [0.25, 0.3) is 10.0 Å². The number of halogens is 1. The Morgan fingerprint density at radius 1 is 0.946 bits per heavy atom. The average Bonchev–Trinajstić information content (AvgIpc) is 2.87. The number of carbonyl (C=O) groups is 2. The van der Waals surface area contributed by atoms with Crippen molar-refractivity contribution in [1.29, 1.82) is 0 Å². The molecule has 37 heavy (non-hydrogen) atoms. The van der Waals surface area contributed by atoms with Crippen LogP contribution in [0.3, 0.4) is 0 Å². The quantitative estimate of drug-likeness (QED) is 0.370. The van der Waals surface area contributed by atoms with Gasteiger partial charge in [0, 0.05) is 17.6 Å². The second-order valence-electron chi connectivity index (χ2n) is 8.83. The Morgan fingerprint density at radius 2 is 1.57 bits per heavy atom. The molecule has 1 atom stereocenters. The molecule has 0 aliphatic carbocycles. The fourth-order valence-electron chi connectivity index (χ4n) is 3.89. The summed E-state index contributed by atoms with van der Waals surface area (Å²) in [5.41, 5.74) is 2.86. The van der Waals surface area contributed by atoms with Gasteiger partial charge in [-0.2, -0.15) is 0 Å². The Labute approximate surface area is 227 Å². The second-order valence-corrected chi connectivity index (χ2v) is 11.6. The SMILES string of the molecule is CCNC(=O)[C@@H](C)N(Cc1ccc(Br)cc1)C(=O)CN(c1ccccc1C)S(=O)(=O)c1ccc(C)cc1. The van der Waals surface area contributed by atoms with Crippen LogP contribution in [0.2, 0.25) is 0 Å². The van der Waals surface area contributed by atoms with Crippen molar-refractivity contribution in [3.05, 3.63) is 94.0 Å². The van der Waals surface area contributed by atoms with Crippen molar-refractivity contribution in [2.75, 3.05) is 17.4 Å². The molecule has 0 radical (unpaired) electrons. The Morgan fingerprint density at radius 3 is 2.16 bits per heavy atom. The van der Waals surface area contributed by atoms with Crippen LogP contribution in [-0.4, -0.2) is 44.3 Å². The molecule has 196 valence electrons. The zero-order valence-corrected chi connectivity index (χ0v) is 23.8. The van der Waals surface area contributed by atoms with Gasteiger partial charge in [0.15, 0.2) is 0 Å². The summed E-state index contributed by atoms with van der Waals surface area (Å²) < 4.78 is 29.7. The number of rotatable bonds is 10. The molecular formula is C28H32BrN3O4S. The fraction of sp³-hybridized carbons (Fsp3) is 0.286. The summed E-state index contributed by atoms with van der Waals surface area (Å²) >= 11 is 3.41. The first-order chi connectivity index (χ1) is 17.5. The van der Waals surface area contributed by atoms with Gasteiger partial charge >= 0.3 is 0 Å². The molecule has 2 amide bonds. The summed E-state index contributed by atoms with van der Waals surface area (Å²) in [4.78, 5) is 28.1. The van der Waals surface area contributed by atoms with Crippen LogP contribution in [0.25, 0.3) is 0 Å². The van der Waals surface area contributed by atoms with Crippen LogP contribution in [0, 0.1) is 13.8 Å². The summed E-state index contributed by atoms with van der Waals surface area (Å²) in [6, 6.07) is 20.2. The largest absolute Gasteiger partial charge is 0.355 e. The maximum absolute atomic E-state index is 13.8. The van der Waals surface area contributed by atoms with Crippen LogP contribution in [0.1, 0.15) is 30.5 Å². The molecule has 1 N–H and O–H groups in total. The first kappa shape index (κ1) is 28.4. The minimum Gasteiger partial charge on any atom is -0.355 e. The smallest absolute Gasteiger partial charge is 0.264 e. The molecule has 0 unspecified atom stereocenters. The van der Waals surface area contributed by atoms with Crippen LogP contribution in [0.4, 0.5) is 5.69 Å². The predicted molar refractivity (Wildman–Crippen MR) is 150 cm³/mol. The number of carbonyl (C=O) groups excluding carboxylic acids is 2. The van der Waals surface area contributed by atoms with Gasteiger partial charge in [-0.1, -0.05) is 64.0 Å². The minimum absolute atomic E-state index is 0.0883. The summed E-state index contributed by atoms with van der Waals surface area (Å²) in [5.74, 6) is -0.794. The normalized spacial score (nSPS) is 12.0. The van der Waals surface area contributed by atoms with E-state index in [2.05, 4.69) is 21.2 Å². The standard InChI is InChI=1S/C28H32BrN3O4S/c1-5-30-28(34)22(4)31(18-23-12-14-24(29)15-13-23)27(33)19-32(26-9-7-6-8-21(26)3)37(35,36)25-16-10-20(2)11-17-25/h6-17,22H,5,18-19H2,1-4H3,(H,30,34)/t22-/m1/s1. The van der Waals surface area contributed by atoms with Crippen molar-refractivity contribution in [2.24, 2.45) is 0 Å². The topological polar surface area (TPSA) is 86.8 Å². The van der Waals surface area contributed by atoms with Gasteiger partial charge in [-0.15, -0.1) is 0 Å². The lowest BCUT2D eigenvalue weighted by molar-refractivity contribution is -0.139. The molecule has 0 aliphatic heterocycles. The summed E-state index contributed by atoms with van der Waals surface area (Å²) in [5, 5.41) is 2.76. The van der Waals surface area contributed by atoms with E-state index < -0.39 is 28.5 Å². The average molecular weight is 587 g/mol. The Balaban J connectivity index is 2.03. The van der Waals surface area contributed by atoms with Gasteiger partial charge in [-0.25, -0.2) is 8.42 Å². The number of sulfonamides is 1. The molecule has 7 nitrogen and oxygen atoms in total. The highest BCUT2D eigenvalue weighted by atomic mass is 79.9. The maximum Gasteiger partial charge on any atom is 0.264 e. The number of benzene rings is 3. The van der Waals surface area contributed by atoms with Crippen molar-refractivity contribution in [3.63, 3.8) is 0 Å². The molecule has 0 heterocycles. The van der Waals surface area contributed by atoms with Crippen molar-refractivity contribution >= 4 is 43.5 Å². The maximum atomic E-state index is 13.8. The van der Waals surface area contributed by atoms with Gasteiger partial charge < -0.3 is 10.2 Å². The Hall–Kier alpha value is -3.17. The predicted octanol–water partition coefficient (Wildman–Crippen LogP) is 4.81.